The van der Waals surface area contributed by atoms with Gasteiger partial charge in [0.25, 0.3) is 5.91 Å². The quantitative estimate of drug-likeness (QED) is 0.297. The molecular formula is C27H26N4O5S2. The molecular weight excluding hydrogens is 524 g/mol. The van der Waals surface area contributed by atoms with Crippen LogP contribution < -0.4 is 5.32 Å². The summed E-state index contributed by atoms with van der Waals surface area (Å²) < 4.78 is 1.86. The second kappa shape index (κ2) is 9.79. The third kappa shape index (κ3) is 4.18. The summed E-state index contributed by atoms with van der Waals surface area (Å²) in [6.45, 7) is 1.61. The van der Waals surface area contributed by atoms with Crippen LogP contribution in [0.25, 0.3) is 10.2 Å². The number of thioether (sulfide) groups is 1. The molecule has 3 aliphatic rings. The number of aliphatic carboxylic acids is 1. The number of aliphatic hydroxyl groups is 1. The molecule has 3 N–H and O–H groups in total. The van der Waals surface area contributed by atoms with E-state index in [9.17, 15) is 24.6 Å². The first-order chi connectivity index (χ1) is 18.3. The number of benzene rings is 1. The first kappa shape index (κ1) is 25.0. The van der Waals surface area contributed by atoms with Gasteiger partial charge in [-0.25, -0.2) is 9.78 Å². The molecule has 9 nitrogen and oxygen atoms in total. The number of thiazole rings is 1. The van der Waals surface area contributed by atoms with Crippen molar-refractivity contribution in [3.05, 3.63) is 59.6 Å². The zero-order valence-corrected chi connectivity index (χ0v) is 22.2. The van der Waals surface area contributed by atoms with E-state index in [0.717, 1.165) is 39.4 Å². The summed E-state index contributed by atoms with van der Waals surface area (Å²) in [6, 6.07) is 8.78. The molecule has 0 spiro atoms. The molecule has 2 amide bonds. The Bertz CT molecular complexity index is 1470. The minimum absolute atomic E-state index is 0.0147. The van der Waals surface area contributed by atoms with Crippen LogP contribution in [-0.4, -0.2) is 60.8 Å². The third-order valence-electron chi connectivity index (χ3n) is 7.70. The van der Waals surface area contributed by atoms with Gasteiger partial charge in [0, 0.05) is 29.8 Å². The molecule has 0 radical (unpaired) electrons. The van der Waals surface area contributed by atoms with Gasteiger partial charge < -0.3 is 20.4 Å². The fraction of sp³-hybridized carbons (Fsp3) is 0.370. The molecule has 11 heteroatoms. The minimum atomic E-state index is -1.07. The van der Waals surface area contributed by atoms with Gasteiger partial charge in [0.1, 0.15) is 5.70 Å². The normalized spacial score (nSPS) is 25.1. The number of carboxylic acid groups (broad SMARTS) is 1. The highest BCUT2D eigenvalue weighted by Crippen LogP contribution is 2.54. The van der Waals surface area contributed by atoms with E-state index in [1.807, 2.05) is 18.2 Å². The highest BCUT2D eigenvalue weighted by Gasteiger charge is 2.62. The highest BCUT2D eigenvalue weighted by molar-refractivity contribution is 8.01. The Kier molecular flexibility index (Phi) is 6.45. The average molecular weight is 551 g/mol. The predicted molar refractivity (Wildman–Crippen MR) is 144 cm³/mol. The Morgan fingerprint density at radius 2 is 2.13 bits per heavy atom. The van der Waals surface area contributed by atoms with Crippen molar-refractivity contribution in [2.45, 2.75) is 42.7 Å². The second-order valence-corrected chi connectivity index (χ2v) is 12.3. The first-order valence-electron chi connectivity index (χ1n) is 12.6. The largest absolute Gasteiger partial charge is 0.477 e. The molecule has 1 aliphatic carbocycles. The van der Waals surface area contributed by atoms with Crippen molar-refractivity contribution < 1.29 is 24.6 Å². The molecule has 6 rings (SSSR count). The van der Waals surface area contributed by atoms with E-state index in [1.165, 1.54) is 11.1 Å². The minimum Gasteiger partial charge on any atom is -0.477 e. The maximum Gasteiger partial charge on any atom is 0.352 e. The zero-order chi connectivity index (χ0) is 26.6. The van der Waals surface area contributed by atoms with Gasteiger partial charge in [0.05, 0.1) is 33.8 Å². The summed E-state index contributed by atoms with van der Waals surface area (Å²) in [5, 5.41) is 23.1. The number of fused-ring (bicyclic) bond motifs is 4. The molecule has 0 unspecified atom stereocenters. The summed E-state index contributed by atoms with van der Waals surface area (Å²) in [4.78, 5) is 47.6. The van der Waals surface area contributed by atoms with E-state index in [0.29, 0.717) is 17.0 Å². The molecule has 5 atom stereocenters. The van der Waals surface area contributed by atoms with Crippen LogP contribution in [0.2, 0.25) is 0 Å². The lowest BCUT2D eigenvalue weighted by Crippen LogP contribution is -2.64. The topological polar surface area (TPSA) is 133 Å². The number of carboxylic acids is 1. The smallest absolute Gasteiger partial charge is 0.352 e. The van der Waals surface area contributed by atoms with Crippen LogP contribution >= 0.6 is 23.1 Å². The fourth-order valence-corrected chi connectivity index (χ4v) is 8.33. The van der Waals surface area contributed by atoms with E-state index in [4.69, 9.17) is 4.98 Å². The lowest BCUT2D eigenvalue weighted by atomic mass is 9.70. The molecule has 1 saturated carbocycles. The number of β-lactam (4-membered cyclic amide) rings is 1. The Hall–Kier alpha value is -3.28. The number of hydrogen-bond donors (Lipinski definition) is 3. The van der Waals surface area contributed by atoms with E-state index < -0.39 is 18.0 Å². The molecule has 2 aliphatic heterocycles. The summed E-state index contributed by atoms with van der Waals surface area (Å²) in [6.07, 6.45) is 4.98. The number of aliphatic hydroxyl groups excluding tert-OH is 1. The molecule has 3 aromatic rings. The fourth-order valence-electron chi connectivity index (χ4n) is 6.09. The van der Waals surface area contributed by atoms with Gasteiger partial charge in [0.2, 0.25) is 5.91 Å². The van der Waals surface area contributed by atoms with Crippen molar-refractivity contribution in [1.29, 1.82) is 0 Å². The van der Waals surface area contributed by atoms with Crippen LogP contribution in [0.3, 0.4) is 0 Å². The van der Waals surface area contributed by atoms with Gasteiger partial charge in [-0.2, -0.15) is 0 Å². The molecule has 2 fully saturated rings. The number of hydrogen-bond acceptors (Lipinski definition) is 8. The standard InChI is InChI=1S/C27H26N4O5S2/c1-13(32)20-22-17-6-2-4-15(21(17)23(26(35)36)31(22)25(20)34)12-37-27-30-18-10-16(7-8-19(18)38-27)29-24(33)14-5-3-9-28-11-14/h3,5,7-11,13,15,17,20,22,32H,2,4,6,12H2,1H3,(H,29,33)(H,35,36)/t13-,15+,17+,20-,22-/m1/s1. The number of amides is 2. The van der Waals surface area contributed by atoms with Gasteiger partial charge in [0.15, 0.2) is 4.34 Å². The molecule has 2 aromatic heterocycles. The maximum absolute atomic E-state index is 12.7. The van der Waals surface area contributed by atoms with Crippen molar-refractivity contribution >= 4 is 56.8 Å². The van der Waals surface area contributed by atoms with Gasteiger partial charge in [-0.1, -0.05) is 18.2 Å². The molecule has 0 bridgehead atoms. The second-order valence-electron chi connectivity index (χ2n) is 9.98. The lowest BCUT2D eigenvalue weighted by Gasteiger charge is -2.47. The lowest BCUT2D eigenvalue weighted by molar-refractivity contribution is -0.163. The van der Waals surface area contributed by atoms with Gasteiger partial charge in [-0.3, -0.25) is 14.6 Å². The van der Waals surface area contributed by atoms with Gasteiger partial charge >= 0.3 is 5.97 Å². The zero-order valence-electron chi connectivity index (χ0n) is 20.5. The number of carbonyl (C=O) groups excluding carboxylic acids is 2. The van der Waals surface area contributed by atoms with E-state index in [2.05, 4.69) is 10.3 Å². The summed E-state index contributed by atoms with van der Waals surface area (Å²) in [5.74, 6) is -1.44. The summed E-state index contributed by atoms with van der Waals surface area (Å²) in [5.41, 5.74) is 2.89. The van der Waals surface area contributed by atoms with Gasteiger partial charge in [-0.05, 0) is 61.6 Å². The number of pyridine rings is 1. The Labute approximate surface area is 227 Å². The number of nitrogens with one attached hydrogen (secondary N) is 1. The maximum atomic E-state index is 12.7. The van der Waals surface area contributed by atoms with E-state index in [1.54, 1.807) is 48.4 Å². The van der Waals surface area contributed by atoms with E-state index in [-0.39, 0.29) is 35.4 Å². The predicted octanol–water partition coefficient (Wildman–Crippen LogP) is 4.01. The van der Waals surface area contributed by atoms with Crippen LogP contribution in [-0.2, 0) is 9.59 Å². The molecule has 1 saturated heterocycles. The van der Waals surface area contributed by atoms with Crippen LogP contribution in [0.15, 0.2) is 58.3 Å². The van der Waals surface area contributed by atoms with Crippen molar-refractivity contribution in [2.75, 3.05) is 11.1 Å². The summed E-state index contributed by atoms with van der Waals surface area (Å²) >= 11 is 3.15. The number of anilines is 1. The first-order valence-corrected chi connectivity index (χ1v) is 14.4. The van der Waals surface area contributed by atoms with Crippen LogP contribution in [0.4, 0.5) is 5.69 Å². The Balaban J connectivity index is 1.19. The summed E-state index contributed by atoms with van der Waals surface area (Å²) in [7, 11) is 0. The molecule has 38 heavy (non-hydrogen) atoms. The SMILES string of the molecule is C[C@@H](O)[C@H]1C(=O)N2C(C(=O)O)=C3[C@H](CSc4nc5cc(NC(=O)c6cccnc6)ccc5s4)CCC[C@@H]3[C@H]12. The highest BCUT2D eigenvalue weighted by atomic mass is 32.2. The van der Waals surface area contributed by atoms with Crippen molar-refractivity contribution in [3.63, 3.8) is 0 Å². The van der Waals surface area contributed by atoms with Crippen molar-refractivity contribution in [1.82, 2.24) is 14.9 Å². The van der Waals surface area contributed by atoms with E-state index >= 15 is 0 Å². The van der Waals surface area contributed by atoms with Crippen LogP contribution in [0, 0.1) is 17.8 Å². The van der Waals surface area contributed by atoms with Crippen molar-refractivity contribution in [2.24, 2.45) is 17.8 Å². The number of carbonyl (C=O) groups is 3. The molecule has 196 valence electrons. The Morgan fingerprint density at radius 1 is 1.29 bits per heavy atom. The number of nitrogens with zero attached hydrogens (tertiary/aromatic N) is 3. The Morgan fingerprint density at radius 3 is 2.87 bits per heavy atom. The monoisotopic (exact) mass is 550 g/mol. The average Bonchev–Trinajstić information content (AvgIpc) is 3.44. The van der Waals surface area contributed by atoms with Crippen LogP contribution in [0.5, 0.6) is 0 Å². The van der Waals surface area contributed by atoms with Crippen molar-refractivity contribution in [3.8, 4) is 0 Å². The molecule has 1 aromatic carbocycles. The number of rotatable bonds is 7. The third-order valence-corrected chi connectivity index (χ3v) is 10.0. The van der Waals surface area contributed by atoms with Gasteiger partial charge in [-0.15, -0.1) is 11.3 Å². The van der Waals surface area contributed by atoms with Crippen LogP contribution in [0.1, 0.15) is 36.5 Å². The molecule has 4 heterocycles. The number of aromatic nitrogens is 2.